The Bertz CT molecular complexity index is 400. The molecule has 0 bridgehead atoms. The van der Waals surface area contributed by atoms with Crippen LogP contribution in [0, 0.1) is 5.92 Å². The highest BCUT2D eigenvalue weighted by Gasteiger charge is 2.10. The third-order valence-electron chi connectivity index (χ3n) is 2.51. The molecule has 0 saturated heterocycles. The van der Waals surface area contributed by atoms with Crippen molar-refractivity contribution in [1.82, 2.24) is 9.97 Å². The van der Waals surface area contributed by atoms with E-state index < -0.39 is 11.9 Å². The molecule has 7 heteroatoms. The molecule has 0 radical (unpaired) electrons. The summed E-state index contributed by atoms with van der Waals surface area (Å²) in [4.78, 5) is 18.8. The fourth-order valence-electron chi connectivity index (χ4n) is 1.33. The molecule has 0 aromatic carbocycles. The van der Waals surface area contributed by atoms with Gasteiger partial charge in [0.15, 0.2) is 0 Å². The Hall–Kier alpha value is -1.89. The lowest BCUT2D eigenvalue weighted by Crippen LogP contribution is -2.20. The second kappa shape index (κ2) is 8.25. The van der Waals surface area contributed by atoms with Gasteiger partial charge in [0, 0.05) is 32.9 Å². The van der Waals surface area contributed by atoms with E-state index in [1.807, 2.05) is 0 Å². The fraction of sp³-hybridized carbons (Fsp3) is 0.583. The predicted molar refractivity (Wildman–Crippen MR) is 72.3 cm³/mol. The number of ether oxygens (including phenoxy) is 1. The van der Waals surface area contributed by atoms with E-state index in [0.29, 0.717) is 24.8 Å². The standard InChI is InChI=1S/C12H20N4O3/c1-9(12(17)18)7-14-11-6-10(15-8-16-11)13-4-3-5-19-2/h6,8-9H,3-5,7H2,1-2H3,(H,17,18)(H2,13,14,15,16). The van der Waals surface area contributed by atoms with Crippen LogP contribution >= 0.6 is 0 Å². The molecule has 0 spiro atoms. The Kier molecular flexibility index (Phi) is 6.59. The molecule has 106 valence electrons. The van der Waals surface area contributed by atoms with E-state index in [1.54, 1.807) is 20.1 Å². The minimum absolute atomic E-state index is 0.329. The molecule has 1 rings (SSSR count). The molecule has 0 aliphatic heterocycles. The zero-order valence-electron chi connectivity index (χ0n) is 11.2. The third kappa shape index (κ3) is 6.01. The Morgan fingerprint density at radius 3 is 2.74 bits per heavy atom. The summed E-state index contributed by atoms with van der Waals surface area (Å²) in [6.07, 6.45) is 2.33. The van der Waals surface area contributed by atoms with Crippen molar-refractivity contribution in [3.63, 3.8) is 0 Å². The van der Waals surface area contributed by atoms with Crippen LogP contribution < -0.4 is 10.6 Å². The van der Waals surface area contributed by atoms with Gasteiger partial charge in [-0.05, 0) is 6.42 Å². The van der Waals surface area contributed by atoms with E-state index in [-0.39, 0.29) is 0 Å². The van der Waals surface area contributed by atoms with Crippen LogP contribution in [0.25, 0.3) is 0 Å². The number of hydrogen-bond acceptors (Lipinski definition) is 6. The van der Waals surface area contributed by atoms with E-state index in [9.17, 15) is 4.79 Å². The number of methoxy groups -OCH3 is 1. The summed E-state index contributed by atoms with van der Waals surface area (Å²) >= 11 is 0. The Balaban J connectivity index is 2.41. The van der Waals surface area contributed by atoms with Crippen molar-refractivity contribution in [1.29, 1.82) is 0 Å². The first-order valence-corrected chi connectivity index (χ1v) is 6.15. The van der Waals surface area contributed by atoms with Gasteiger partial charge < -0.3 is 20.5 Å². The number of aliphatic carboxylic acids is 1. The third-order valence-corrected chi connectivity index (χ3v) is 2.51. The van der Waals surface area contributed by atoms with E-state index in [0.717, 1.165) is 13.0 Å². The number of carboxylic acids is 1. The first-order chi connectivity index (χ1) is 9.13. The minimum Gasteiger partial charge on any atom is -0.481 e. The highest BCUT2D eigenvalue weighted by atomic mass is 16.5. The van der Waals surface area contributed by atoms with Gasteiger partial charge in [0.1, 0.15) is 18.0 Å². The molecule has 1 aromatic heterocycles. The molecule has 0 saturated carbocycles. The number of nitrogens with one attached hydrogen (secondary N) is 2. The number of aromatic nitrogens is 2. The van der Waals surface area contributed by atoms with Gasteiger partial charge in [0.05, 0.1) is 5.92 Å². The summed E-state index contributed by atoms with van der Waals surface area (Å²) < 4.78 is 4.95. The number of anilines is 2. The Labute approximate surface area is 112 Å². The molecule has 19 heavy (non-hydrogen) atoms. The molecular weight excluding hydrogens is 248 g/mol. The van der Waals surface area contributed by atoms with E-state index >= 15 is 0 Å². The van der Waals surface area contributed by atoms with Crippen LogP contribution in [-0.4, -0.2) is 47.8 Å². The van der Waals surface area contributed by atoms with Crippen molar-refractivity contribution < 1.29 is 14.6 Å². The maximum Gasteiger partial charge on any atom is 0.308 e. The lowest BCUT2D eigenvalue weighted by molar-refractivity contribution is -0.140. The van der Waals surface area contributed by atoms with Crippen LogP contribution in [0.4, 0.5) is 11.6 Å². The Morgan fingerprint density at radius 2 is 2.11 bits per heavy atom. The van der Waals surface area contributed by atoms with Crippen molar-refractivity contribution in [2.24, 2.45) is 5.92 Å². The molecule has 3 N–H and O–H groups in total. The number of carbonyl (C=O) groups is 1. The molecule has 0 aliphatic carbocycles. The summed E-state index contributed by atoms with van der Waals surface area (Å²) in [6.45, 7) is 3.42. The zero-order valence-corrected chi connectivity index (χ0v) is 11.2. The highest BCUT2D eigenvalue weighted by molar-refractivity contribution is 5.70. The smallest absolute Gasteiger partial charge is 0.308 e. The monoisotopic (exact) mass is 268 g/mol. The molecule has 0 amide bonds. The molecule has 1 unspecified atom stereocenters. The van der Waals surface area contributed by atoms with Crippen LogP contribution in [0.1, 0.15) is 13.3 Å². The van der Waals surface area contributed by atoms with E-state index in [4.69, 9.17) is 9.84 Å². The van der Waals surface area contributed by atoms with Gasteiger partial charge in [0.25, 0.3) is 0 Å². The first-order valence-electron chi connectivity index (χ1n) is 6.15. The van der Waals surface area contributed by atoms with Crippen molar-refractivity contribution in [3.8, 4) is 0 Å². The van der Waals surface area contributed by atoms with Crippen molar-refractivity contribution in [3.05, 3.63) is 12.4 Å². The van der Waals surface area contributed by atoms with Crippen molar-refractivity contribution >= 4 is 17.6 Å². The summed E-state index contributed by atoms with van der Waals surface area (Å²) in [5.41, 5.74) is 0. The summed E-state index contributed by atoms with van der Waals surface area (Å²) in [5.74, 6) is 0.0153. The van der Waals surface area contributed by atoms with Gasteiger partial charge in [-0.2, -0.15) is 0 Å². The lowest BCUT2D eigenvalue weighted by atomic mass is 10.2. The molecule has 1 aromatic rings. The fourth-order valence-corrected chi connectivity index (χ4v) is 1.33. The molecule has 0 aliphatic rings. The van der Waals surface area contributed by atoms with Gasteiger partial charge in [-0.1, -0.05) is 6.92 Å². The number of rotatable bonds is 9. The van der Waals surface area contributed by atoms with Crippen LogP contribution in [0.15, 0.2) is 12.4 Å². The molecule has 1 atom stereocenters. The van der Waals surface area contributed by atoms with Gasteiger partial charge >= 0.3 is 5.97 Å². The molecular formula is C12H20N4O3. The van der Waals surface area contributed by atoms with Crippen molar-refractivity contribution in [2.75, 3.05) is 37.4 Å². The zero-order chi connectivity index (χ0) is 14.1. The van der Waals surface area contributed by atoms with Crippen LogP contribution in [-0.2, 0) is 9.53 Å². The van der Waals surface area contributed by atoms with Crippen LogP contribution in [0.5, 0.6) is 0 Å². The van der Waals surface area contributed by atoms with Gasteiger partial charge in [-0.25, -0.2) is 9.97 Å². The van der Waals surface area contributed by atoms with Gasteiger partial charge in [-0.15, -0.1) is 0 Å². The maximum atomic E-state index is 10.7. The SMILES string of the molecule is COCCCNc1cc(NCC(C)C(=O)O)ncn1. The normalized spacial score (nSPS) is 11.9. The maximum absolute atomic E-state index is 10.7. The number of carboxylic acid groups (broad SMARTS) is 1. The van der Waals surface area contributed by atoms with Gasteiger partial charge in [0.2, 0.25) is 0 Å². The number of nitrogens with zero attached hydrogens (tertiary/aromatic N) is 2. The van der Waals surface area contributed by atoms with Gasteiger partial charge in [-0.3, -0.25) is 4.79 Å². The quantitative estimate of drug-likeness (QED) is 0.576. The minimum atomic E-state index is -0.834. The molecule has 7 nitrogen and oxygen atoms in total. The van der Waals surface area contributed by atoms with Crippen molar-refractivity contribution in [2.45, 2.75) is 13.3 Å². The Morgan fingerprint density at radius 1 is 1.42 bits per heavy atom. The summed E-state index contributed by atoms with van der Waals surface area (Å²) in [7, 11) is 1.66. The van der Waals surface area contributed by atoms with Crippen LogP contribution in [0.3, 0.4) is 0 Å². The highest BCUT2D eigenvalue weighted by Crippen LogP contribution is 2.09. The summed E-state index contributed by atoms with van der Waals surface area (Å²) in [5, 5.41) is 14.9. The van der Waals surface area contributed by atoms with Crippen LogP contribution in [0.2, 0.25) is 0 Å². The molecule has 1 heterocycles. The number of hydrogen-bond donors (Lipinski definition) is 3. The second-order valence-corrected chi connectivity index (χ2v) is 4.18. The van der Waals surface area contributed by atoms with E-state index in [1.165, 1.54) is 6.33 Å². The average molecular weight is 268 g/mol. The second-order valence-electron chi connectivity index (χ2n) is 4.18. The first kappa shape index (κ1) is 15.2. The molecule has 0 fully saturated rings. The largest absolute Gasteiger partial charge is 0.481 e. The topological polar surface area (TPSA) is 96.4 Å². The predicted octanol–water partition coefficient (Wildman–Crippen LogP) is 1.06. The average Bonchev–Trinajstić information content (AvgIpc) is 2.41. The van der Waals surface area contributed by atoms with E-state index in [2.05, 4.69) is 20.6 Å². The lowest BCUT2D eigenvalue weighted by Gasteiger charge is -2.10. The summed E-state index contributed by atoms with van der Waals surface area (Å²) in [6, 6.07) is 1.75.